The molecule has 0 spiro atoms. The Hall–Kier alpha value is -1.14. The molecule has 0 amide bonds. The van der Waals surface area contributed by atoms with Crippen LogP contribution in [0.2, 0.25) is 0 Å². The summed E-state index contributed by atoms with van der Waals surface area (Å²) in [5, 5.41) is 9.22. The SMILES string of the molecule is CCc1c2c([nH]c(=S)c1C#N)CCCCCC2. The highest BCUT2D eigenvalue weighted by molar-refractivity contribution is 7.71. The van der Waals surface area contributed by atoms with Gasteiger partial charge in [-0.15, -0.1) is 0 Å². The van der Waals surface area contributed by atoms with E-state index in [1.54, 1.807) is 0 Å². The Labute approximate surface area is 108 Å². The maximum atomic E-state index is 9.22. The molecule has 0 saturated heterocycles. The number of hydrogen-bond donors (Lipinski definition) is 1. The van der Waals surface area contributed by atoms with Crippen LogP contribution in [0, 0.1) is 16.0 Å². The molecule has 1 N–H and O–H groups in total. The fraction of sp³-hybridized carbons (Fsp3) is 0.571. The Morgan fingerprint density at radius 2 is 1.94 bits per heavy atom. The van der Waals surface area contributed by atoms with Gasteiger partial charge in [-0.05, 0) is 43.2 Å². The molecule has 0 unspecified atom stereocenters. The highest BCUT2D eigenvalue weighted by Gasteiger charge is 2.15. The maximum absolute atomic E-state index is 9.22. The monoisotopic (exact) mass is 246 g/mol. The third kappa shape index (κ3) is 2.42. The van der Waals surface area contributed by atoms with Crippen molar-refractivity contribution in [3.05, 3.63) is 27.0 Å². The van der Waals surface area contributed by atoms with Crippen LogP contribution in [0.3, 0.4) is 0 Å². The second kappa shape index (κ2) is 5.46. The van der Waals surface area contributed by atoms with E-state index < -0.39 is 0 Å². The largest absolute Gasteiger partial charge is 0.349 e. The summed E-state index contributed by atoms with van der Waals surface area (Å²) in [5.74, 6) is 0. The number of hydrogen-bond acceptors (Lipinski definition) is 2. The zero-order valence-corrected chi connectivity index (χ0v) is 11.1. The fourth-order valence-electron chi connectivity index (χ4n) is 2.73. The summed E-state index contributed by atoms with van der Waals surface area (Å²) < 4.78 is 0.628. The van der Waals surface area contributed by atoms with Gasteiger partial charge in [-0.2, -0.15) is 5.26 Å². The standard InChI is InChI=1S/C14H18N2S/c1-2-10-11-7-5-3-4-6-8-13(11)16-14(17)12(10)9-15/h2-8H2,1H3,(H,16,17). The number of pyridine rings is 1. The lowest BCUT2D eigenvalue weighted by Crippen LogP contribution is -2.09. The Bertz CT molecular complexity index is 508. The summed E-state index contributed by atoms with van der Waals surface area (Å²) >= 11 is 5.29. The molecular weight excluding hydrogens is 228 g/mol. The highest BCUT2D eigenvalue weighted by Crippen LogP contribution is 2.25. The highest BCUT2D eigenvalue weighted by atomic mass is 32.1. The molecule has 1 aliphatic carbocycles. The molecule has 2 nitrogen and oxygen atoms in total. The van der Waals surface area contributed by atoms with Gasteiger partial charge >= 0.3 is 0 Å². The van der Waals surface area contributed by atoms with Gasteiger partial charge in [0, 0.05) is 5.69 Å². The van der Waals surface area contributed by atoms with E-state index in [2.05, 4.69) is 18.0 Å². The first-order valence-electron chi connectivity index (χ1n) is 6.45. The van der Waals surface area contributed by atoms with Gasteiger partial charge < -0.3 is 4.98 Å². The zero-order valence-electron chi connectivity index (χ0n) is 10.3. The molecule has 90 valence electrons. The minimum Gasteiger partial charge on any atom is -0.349 e. The van der Waals surface area contributed by atoms with Crippen LogP contribution in [0.5, 0.6) is 0 Å². The van der Waals surface area contributed by atoms with Crippen LogP contribution >= 0.6 is 12.2 Å². The van der Waals surface area contributed by atoms with Crippen LogP contribution in [-0.4, -0.2) is 4.98 Å². The molecule has 0 fully saturated rings. The van der Waals surface area contributed by atoms with E-state index in [0.717, 1.165) is 19.3 Å². The van der Waals surface area contributed by atoms with Crippen molar-refractivity contribution in [2.45, 2.75) is 51.9 Å². The lowest BCUT2D eigenvalue weighted by Gasteiger charge is -2.18. The van der Waals surface area contributed by atoms with Crippen LogP contribution in [0.25, 0.3) is 0 Å². The van der Waals surface area contributed by atoms with Crippen molar-refractivity contribution in [3.8, 4) is 6.07 Å². The quantitative estimate of drug-likeness (QED) is 0.765. The topological polar surface area (TPSA) is 39.6 Å². The van der Waals surface area contributed by atoms with Gasteiger partial charge in [0.1, 0.15) is 10.7 Å². The Morgan fingerprint density at radius 1 is 1.24 bits per heavy atom. The van der Waals surface area contributed by atoms with Crippen molar-refractivity contribution in [3.63, 3.8) is 0 Å². The molecule has 0 saturated carbocycles. The molecule has 17 heavy (non-hydrogen) atoms. The molecule has 0 atom stereocenters. The van der Waals surface area contributed by atoms with Crippen molar-refractivity contribution in [1.29, 1.82) is 5.26 Å². The molecule has 0 radical (unpaired) electrons. The van der Waals surface area contributed by atoms with Crippen LogP contribution in [-0.2, 0) is 19.3 Å². The molecule has 2 rings (SSSR count). The summed E-state index contributed by atoms with van der Waals surface area (Å²) in [6.07, 6.45) is 8.16. The van der Waals surface area contributed by atoms with E-state index >= 15 is 0 Å². The summed E-state index contributed by atoms with van der Waals surface area (Å²) in [6.45, 7) is 2.12. The molecular formula is C14H18N2S. The number of H-pyrrole nitrogens is 1. The van der Waals surface area contributed by atoms with Crippen LogP contribution in [0.1, 0.15) is 55.0 Å². The van der Waals surface area contributed by atoms with Crippen molar-refractivity contribution < 1.29 is 0 Å². The van der Waals surface area contributed by atoms with Gasteiger partial charge in [-0.3, -0.25) is 0 Å². The van der Waals surface area contributed by atoms with Crippen LogP contribution < -0.4 is 0 Å². The molecule has 0 aromatic carbocycles. The average molecular weight is 246 g/mol. The predicted octanol–water partition coefficient (Wildman–Crippen LogP) is 3.84. The van der Waals surface area contributed by atoms with Crippen molar-refractivity contribution in [2.24, 2.45) is 0 Å². The summed E-state index contributed by atoms with van der Waals surface area (Å²) in [7, 11) is 0. The number of nitrogens with zero attached hydrogens (tertiary/aromatic N) is 1. The maximum Gasteiger partial charge on any atom is 0.121 e. The molecule has 1 aromatic rings. The second-order valence-electron chi connectivity index (χ2n) is 4.64. The fourth-order valence-corrected chi connectivity index (χ4v) is 3.02. The minimum atomic E-state index is 0.628. The number of rotatable bonds is 1. The number of nitrogens with one attached hydrogen (secondary N) is 1. The average Bonchev–Trinajstić information content (AvgIpc) is 2.30. The number of nitriles is 1. The third-order valence-corrected chi connectivity index (χ3v) is 3.90. The third-order valence-electron chi connectivity index (χ3n) is 3.59. The van der Waals surface area contributed by atoms with E-state index in [1.165, 1.54) is 42.5 Å². The first-order valence-corrected chi connectivity index (χ1v) is 6.85. The van der Waals surface area contributed by atoms with E-state index in [9.17, 15) is 5.26 Å². The zero-order chi connectivity index (χ0) is 12.3. The predicted molar refractivity (Wildman–Crippen MR) is 71.6 cm³/mol. The lowest BCUT2D eigenvalue weighted by atomic mass is 9.91. The Balaban J connectivity index is 2.61. The molecule has 1 aliphatic rings. The van der Waals surface area contributed by atoms with Gasteiger partial charge in [-0.1, -0.05) is 32.0 Å². The van der Waals surface area contributed by atoms with Crippen LogP contribution in [0.4, 0.5) is 0 Å². The number of aryl methyl sites for hydroxylation is 1. The molecule has 0 bridgehead atoms. The first-order chi connectivity index (χ1) is 8.27. The van der Waals surface area contributed by atoms with E-state index in [0.29, 0.717) is 10.2 Å². The Kier molecular flexibility index (Phi) is 3.96. The van der Waals surface area contributed by atoms with E-state index in [4.69, 9.17) is 12.2 Å². The summed E-state index contributed by atoms with van der Waals surface area (Å²) in [6, 6.07) is 2.27. The van der Waals surface area contributed by atoms with Gasteiger partial charge in [-0.25, -0.2) is 0 Å². The van der Waals surface area contributed by atoms with Gasteiger partial charge in [0.25, 0.3) is 0 Å². The number of aromatic amines is 1. The molecule has 3 heteroatoms. The van der Waals surface area contributed by atoms with Gasteiger partial charge in [0.05, 0.1) is 5.56 Å². The first kappa shape index (κ1) is 12.3. The van der Waals surface area contributed by atoms with Crippen molar-refractivity contribution in [1.82, 2.24) is 4.98 Å². The van der Waals surface area contributed by atoms with Gasteiger partial charge in [0.2, 0.25) is 0 Å². The van der Waals surface area contributed by atoms with Crippen LogP contribution in [0.15, 0.2) is 0 Å². The van der Waals surface area contributed by atoms with Crippen molar-refractivity contribution >= 4 is 12.2 Å². The lowest BCUT2D eigenvalue weighted by molar-refractivity contribution is 0.605. The molecule has 0 aliphatic heterocycles. The molecule has 1 heterocycles. The smallest absolute Gasteiger partial charge is 0.121 e. The number of aromatic nitrogens is 1. The summed E-state index contributed by atoms with van der Waals surface area (Å²) in [5.41, 5.74) is 4.54. The second-order valence-corrected chi connectivity index (χ2v) is 5.05. The van der Waals surface area contributed by atoms with E-state index in [-0.39, 0.29) is 0 Å². The minimum absolute atomic E-state index is 0.628. The summed E-state index contributed by atoms with van der Waals surface area (Å²) in [4.78, 5) is 3.28. The van der Waals surface area contributed by atoms with Crippen molar-refractivity contribution in [2.75, 3.05) is 0 Å². The van der Waals surface area contributed by atoms with E-state index in [1.807, 2.05) is 0 Å². The Morgan fingerprint density at radius 3 is 2.59 bits per heavy atom. The van der Waals surface area contributed by atoms with Gasteiger partial charge in [0.15, 0.2) is 0 Å². The normalized spacial score (nSPS) is 15.5. The molecule has 1 aromatic heterocycles. The number of fused-ring (bicyclic) bond motifs is 1.